The Morgan fingerprint density at radius 2 is 1.68 bits per heavy atom. The lowest BCUT2D eigenvalue weighted by Crippen LogP contribution is -2.52. The number of hydrogen-bond donors (Lipinski definition) is 2. The quantitative estimate of drug-likeness (QED) is 0.221. The minimum absolute atomic E-state index is 0.131. The molecule has 5 atom stereocenters. The fraction of sp³-hybridized carbons (Fsp3) is 0.342. The minimum Gasteiger partial charge on any atom is -0.387 e. The summed E-state index contributed by atoms with van der Waals surface area (Å²) in [6.07, 6.45) is 0.119. The molecule has 1 heterocycles. The van der Waals surface area contributed by atoms with Gasteiger partial charge in [-0.05, 0) is 66.9 Å². The average molecular weight is 655 g/mol. The Bertz CT molecular complexity index is 1710. The van der Waals surface area contributed by atoms with E-state index in [0.29, 0.717) is 23.6 Å². The molecule has 5 unspecified atom stereocenters. The number of benzene rings is 4. The van der Waals surface area contributed by atoms with Crippen LogP contribution in [0.5, 0.6) is 0 Å². The number of nitrogens with zero attached hydrogens (tertiary/aromatic N) is 3. The van der Waals surface area contributed by atoms with E-state index in [9.17, 15) is 19.5 Å². The number of halogens is 1. The molecule has 0 saturated carbocycles. The summed E-state index contributed by atoms with van der Waals surface area (Å²) in [5.41, 5.74) is 8.32. The Hall–Kier alpha value is -4.24. The van der Waals surface area contributed by atoms with E-state index in [1.807, 2.05) is 98.6 Å². The van der Waals surface area contributed by atoms with Crippen molar-refractivity contribution in [3.8, 4) is 0 Å². The minimum atomic E-state index is -0.995. The van der Waals surface area contributed by atoms with Gasteiger partial charge in [0.05, 0.1) is 6.10 Å². The predicted molar refractivity (Wildman–Crippen MR) is 186 cm³/mol. The Kier molecular flexibility index (Phi) is 11.0. The first-order chi connectivity index (χ1) is 22.6. The SMILES string of the molecule is CC(C(O)c1ccccc1)N(C)CCC(=O)N1C(C)CCN(C(Cc2cccc3ccccc23)C(N)=O)C(=O)C1c1cccc(Cl)c1. The van der Waals surface area contributed by atoms with Crippen molar-refractivity contribution in [1.29, 1.82) is 0 Å². The summed E-state index contributed by atoms with van der Waals surface area (Å²) in [6.45, 7) is 4.49. The molecule has 0 radical (unpaired) electrons. The first-order valence-electron chi connectivity index (χ1n) is 16.1. The monoisotopic (exact) mass is 654 g/mol. The van der Waals surface area contributed by atoms with E-state index in [4.69, 9.17) is 17.3 Å². The van der Waals surface area contributed by atoms with E-state index < -0.39 is 24.1 Å². The molecule has 1 aliphatic rings. The average Bonchev–Trinajstić information content (AvgIpc) is 3.20. The van der Waals surface area contributed by atoms with Crippen LogP contribution in [0.25, 0.3) is 10.8 Å². The standard InChI is InChI=1S/C38H43ClN4O4/c1-25-19-22-42(33(37(40)46)24-29-15-9-14-27-11-7-8-18-32(27)29)38(47)35(30-16-10-17-31(39)23-30)43(25)34(44)20-21-41(3)26(2)36(45)28-12-5-4-6-13-28/h4-18,23,25-26,33,35-36,45H,19-22,24H2,1-3H3,(H2,40,46). The van der Waals surface area contributed by atoms with Crippen molar-refractivity contribution in [2.24, 2.45) is 5.73 Å². The number of likely N-dealkylation sites (N-methyl/N-ethyl adjacent to an activating group) is 1. The summed E-state index contributed by atoms with van der Waals surface area (Å²) in [4.78, 5) is 47.0. The molecule has 47 heavy (non-hydrogen) atoms. The lowest BCUT2D eigenvalue weighted by molar-refractivity contribution is -0.148. The highest BCUT2D eigenvalue weighted by atomic mass is 35.5. The fourth-order valence-electron chi connectivity index (χ4n) is 6.60. The summed E-state index contributed by atoms with van der Waals surface area (Å²) < 4.78 is 0. The van der Waals surface area contributed by atoms with Gasteiger partial charge in [0.1, 0.15) is 12.1 Å². The van der Waals surface area contributed by atoms with Crippen LogP contribution in [0, 0.1) is 0 Å². The second-order valence-corrected chi connectivity index (χ2v) is 13.0. The van der Waals surface area contributed by atoms with Crippen molar-refractivity contribution in [2.45, 2.75) is 63.4 Å². The van der Waals surface area contributed by atoms with Gasteiger partial charge >= 0.3 is 0 Å². The van der Waals surface area contributed by atoms with Crippen LogP contribution in [0.15, 0.2) is 97.1 Å². The molecule has 4 aromatic carbocycles. The molecule has 0 aliphatic carbocycles. The molecule has 1 fully saturated rings. The number of fused-ring (bicyclic) bond motifs is 1. The summed E-state index contributed by atoms with van der Waals surface area (Å²) in [6, 6.07) is 27.8. The second kappa shape index (κ2) is 15.1. The van der Waals surface area contributed by atoms with Crippen LogP contribution in [0.4, 0.5) is 0 Å². The van der Waals surface area contributed by atoms with Gasteiger partial charge in [-0.3, -0.25) is 14.4 Å². The second-order valence-electron chi connectivity index (χ2n) is 12.5. The molecule has 3 N–H and O–H groups in total. The van der Waals surface area contributed by atoms with Crippen LogP contribution in [0.3, 0.4) is 0 Å². The summed E-state index contributed by atoms with van der Waals surface area (Å²) in [5.74, 6) is -1.16. The third-order valence-corrected chi connectivity index (χ3v) is 9.71. The van der Waals surface area contributed by atoms with Gasteiger partial charge in [0, 0.05) is 43.0 Å². The Labute approximate surface area is 281 Å². The van der Waals surface area contributed by atoms with Crippen molar-refractivity contribution in [3.05, 3.63) is 119 Å². The highest BCUT2D eigenvalue weighted by Gasteiger charge is 2.43. The van der Waals surface area contributed by atoms with Gasteiger partial charge in [0.25, 0.3) is 5.91 Å². The van der Waals surface area contributed by atoms with Gasteiger partial charge in [0.2, 0.25) is 11.8 Å². The van der Waals surface area contributed by atoms with Gasteiger partial charge in [-0.2, -0.15) is 0 Å². The maximum absolute atomic E-state index is 14.6. The third kappa shape index (κ3) is 7.67. The fourth-order valence-corrected chi connectivity index (χ4v) is 6.80. The number of carbonyl (C=O) groups excluding carboxylic acids is 3. The van der Waals surface area contributed by atoms with Gasteiger partial charge < -0.3 is 25.5 Å². The number of aliphatic hydroxyl groups excluding tert-OH is 1. The lowest BCUT2D eigenvalue weighted by atomic mass is 9.96. The Morgan fingerprint density at radius 1 is 1.00 bits per heavy atom. The number of hydrogen-bond acceptors (Lipinski definition) is 5. The van der Waals surface area contributed by atoms with Crippen LogP contribution in [-0.2, 0) is 20.8 Å². The zero-order valence-corrected chi connectivity index (χ0v) is 27.9. The molecule has 1 saturated heterocycles. The van der Waals surface area contributed by atoms with Crippen LogP contribution in [-0.4, -0.2) is 75.8 Å². The van der Waals surface area contributed by atoms with Gasteiger partial charge in [-0.1, -0.05) is 96.5 Å². The van der Waals surface area contributed by atoms with E-state index in [0.717, 1.165) is 21.9 Å². The zero-order valence-electron chi connectivity index (χ0n) is 27.1. The molecule has 246 valence electrons. The maximum Gasteiger partial charge on any atom is 0.250 e. The smallest absolute Gasteiger partial charge is 0.250 e. The molecule has 5 rings (SSSR count). The highest BCUT2D eigenvalue weighted by Crippen LogP contribution is 2.34. The van der Waals surface area contributed by atoms with E-state index in [2.05, 4.69) is 0 Å². The summed E-state index contributed by atoms with van der Waals surface area (Å²) >= 11 is 6.41. The van der Waals surface area contributed by atoms with Crippen molar-refractivity contribution in [2.75, 3.05) is 20.1 Å². The predicted octanol–water partition coefficient (Wildman–Crippen LogP) is 5.52. The van der Waals surface area contributed by atoms with Crippen molar-refractivity contribution in [3.63, 3.8) is 0 Å². The van der Waals surface area contributed by atoms with Gasteiger partial charge in [-0.15, -0.1) is 0 Å². The normalized spacial score (nSPS) is 19.0. The topological polar surface area (TPSA) is 107 Å². The molecular formula is C38H43ClN4O4. The van der Waals surface area contributed by atoms with Crippen LogP contribution in [0.2, 0.25) is 5.02 Å². The third-order valence-electron chi connectivity index (χ3n) is 9.48. The number of rotatable bonds is 11. The van der Waals surface area contributed by atoms with Crippen LogP contribution >= 0.6 is 11.6 Å². The zero-order chi connectivity index (χ0) is 33.7. The van der Waals surface area contributed by atoms with Crippen molar-refractivity contribution < 1.29 is 19.5 Å². The van der Waals surface area contributed by atoms with Crippen molar-refractivity contribution in [1.82, 2.24) is 14.7 Å². The number of amides is 3. The van der Waals surface area contributed by atoms with Crippen LogP contribution < -0.4 is 5.73 Å². The largest absolute Gasteiger partial charge is 0.387 e. The molecule has 0 bridgehead atoms. The molecule has 0 spiro atoms. The van der Waals surface area contributed by atoms with E-state index >= 15 is 0 Å². The molecule has 1 aliphatic heterocycles. The van der Waals surface area contributed by atoms with E-state index in [-0.39, 0.29) is 43.3 Å². The van der Waals surface area contributed by atoms with E-state index in [1.165, 1.54) is 0 Å². The molecule has 8 nitrogen and oxygen atoms in total. The summed E-state index contributed by atoms with van der Waals surface area (Å²) in [5, 5.41) is 13.4. The number of carbonyl (C=O) groups is 3. The number of aliphatic hydroxyl groups is 1. The molecule has 4 aromatic rings. The van der Waals surface area contributed by atoms with E-state index in [1.54, 1.807) is 34.1 Å². The summed E-state index contributed by atoms with van der Waals surface area (Å²) in [7, 11) is 1.88. The lowest BCUT2D eigenvalue weighted by Gasteiger charge is -2.36. The number of nitrogens with two attached hydrogens (primary N) is 1. The first kappa shape index (κ1) is 34.1. The first-order valence-corrected chi connectivity index (χ1v) is 16.5. The Morgan fingerprint density at radius 3 is 2.40 bits per heavy atom. The number of primary amides is 1. The molecule has 9 heteroatoms. The van der Waals surface area contributed by atoms with Crippen LogP contribution in [0.1, 0.15) is 55.5 Å². The highest BCUT2D eigenvalue weighted by molar-refractivity contribution is 6.30. The molecule has 0 aromatic heterocycles. The van der Waals surface area contributed by atoms with Gasteiger partial charge in [0.15, 0.2) is 0 Å². The maximum atomic E-state index is 14.6. The van der Waals surface area contributed by atoms with Crippen molar-refractivity contribution >= 4 is 40.1 Å². The molecular weight excluding hydrogens is 612 g/mol. The van der Waals surface area contributed by atoms with Gasteiger partial charge in [-0.25, -0.2) is 0 Å². The Balaban J connectivity index is 1.42. The molecule has 3 amide bonds.